The maximum absolute atomic E-state index is 11.8. The van der Waals surface area contributed by atoms with Gasteiger partial charge in [0.05, 0.1) is 18.3 Å². The molecule has 0 aromatic carbocycles. The van der Waals surface area contributed by atoms with Gasteiger partial charge in [-0.1, -0.05) is 12.1 Å². The number of ether oxygens (including phenoxy) is 1. The smallest absolute Gasteiger partial charge is 0.356 e. The SMILES string of the molecule is COC(=O)c1cccc(Cc2c(-c3cccnc3)nn3cc(C)ccc23)n1. The number of aryl methyl sites for hydroxylation is 1. The first-order valence-electron chi connectivity index (χ1n) is 8.58. The van der Waals surface area contributed by atoms with Crippen LogP contribution in [0.5, 0.6) is 0 Å². The Hall–Kier alpha value is -3.54. The van der Waals surface area contributed by atoms with Crippen molar-refractivity contribution in [3.63, 3.8) is 0 Å². The number of aromatic nitrogens is 4. The van der Waals surface area contributed by atoms with Gasteiger partial charge in [-0.25, -0.2) is 14.3 Å². The van der Waals surface area contributed by atoms with Gasteiger partial charge >= 0.3 is 5.97 Å². The zero-order valence-electron chi connectivity index (χ0n) is 15.1. The fraction of sp³-hybridized carbons (Fsp3) is 0.143. The van der Waals surface area contributed by atoms with Crippen molar-refractivity contribution in [1.29, 1.82) is 0 Å². The van der Waals surface area contributed by atoms with Crippen LogP contribution in [0.4, 0.5) is 0 Å². The van der Waals surface area contributed by atoms with Crippen LogP contribution in [-0.2, 0) is 11.2 Å². The van der Waals surface area contributed by atoms with Crippen LogP contribution in [0.1, 0.15) is 27.3 Å². The van der Waals surface area contributed by atoms with Gasteiger partial charge in [0.25, 0.3) is 0 Å². The molecule has 6 heteroatoms. The first-order chi connectivity index (χ1) is 13.2. The molecule has 4 aromatic heterocycles. The normalized spacial score (nSPS) is 10.9. The van der Waals surface area contributed by atoms with Crippen molar-refractivity contribution in [2.45, 2.75) is 13.3 Å². The van der Waals surface area contributed by atoms with E-state index >= 15 is 0 Å². The molecule has 0 amide bonds. The molecule has 0 aliphatic rings. The fourth-order valence-electron chi connectivity index (χ4n) is 3.09. The third kappa shape index (κ3) is 3.29. The van der Waals surface area contributed by atoms with Crippen LogP contribution < -0.4 is 0 Å². The van der Waals surface area contributed by atoms with Gasteiger partial charge in [-0.15, -0.1) is 0 Å². The van der Waals surface area contributed by atoms with Crippen molar-refractivity contribution in [3.8, 4) is 11.3 Å². The maximum atomic E-state index is 11.8. The lowest BCUT2D eigenvalue weighted by atomic mass is 10.0. The average molecular weight is 358 g/mol. The highest BCUT2D eigenvalue weighted by atomic mass is 16.5. The van der Waals surface area contributed by atoms with Gasteiger partial charge in [-0.2, -0.15) is 5.10 Å². The van der Waals surface area contributed by atoms with Crippen molar-refractivity contribution in [2.75, 3.05) is 7.11 Å². The number of fused-ring (bicyclic) bond motifs is 1. The van der Waals surface area contributed by atoms with Crippen molar-refractivity contribution in [1.82, 2.24) is 19.6 Å². The molecule has 134 valence electrons. The molecular weight excluding hydrogens is 340 g/mol. The topological polar surface area (TPSA) is 69.4 Å². The summed E-state index contributed by atoms with van der Waals surface area (Å²) >= 11 is 0. The van der Waals surface area contributed by atoms with E-state index in [2.05, 4.69) is 22.1 Å². The van der Waals surface area contributed by atoms with E-state index in [1.54, 1.807) is 18.5 Å². The monoisotopic (exact) mass is 358 g/mol. The molecule has 0 atom stereocenters. The Kier molecular flexibility index (Phi) is 4.38. The highest BCUT2D eigenvalue weighted by Gasteiger charge is 2.17. The van der Waals surface area contributed by atoms with E-state index in [9.17, 15) is 4.79 Å². The summed E-state index contributed by atoms with van der Waals surface area (Å²) in [5, 5.41) is 4.77. The lowest BCUT2D eigenvalue weighted by Crippen LogP contribution is -2.06. The average Bonchev–Trinajstić information content (AvgIpc) is 3.05. The molecule has 0 aliphatic heterocycles. The second-order valence-electron chi connectivity index (χ2n) is 6.29. The molecule has 0 saturated carbocycles. The number of nitrogens with zero attached hydrogens (tertiary/aromatic N) is 4. The Labute approximate surface area is 156 Å². The Morgan fingerprint density at radius 2 is 2.04 bits per heavy atom. The Morgan fingerprint density at radius 3 is 2.81 bits per heavy atom. The van der Waals surface area contributed by atoms with Crippen LogP contribution >= 0.6 is 0 Å². The van der Waals surface area contributed by atoms with Gasteiger partial charge < -0.3 is 4.74 Å². The molecule has 0 bridgehead atoms. The highest BCUT2D eigenvalue weighted by molar-refractivity contribution is 5.87. The second kappa shape index (κ2) is 6.99. The summed E-state index contributed by atoms with van der Waals surface area (Å²) < 4.78 is 6.66. The van der Waals surface area contributed by atoms with Gasteiger partial charge in [-0.3, -0.25) is 4.98 Å². The molecule has 0 aliphatic carbocycles. The minimum Gasteiger partial charge on any atom is -0.464 e. The van der Waals surface area contributed by atoms with Crippen LogP contribution in [0.25, 0.3) is 16.8 Å². The molecule has 0 spiro atoms. The van der Waals surface area contributed by atoms with E-state index in [-0.39, 0.29) is 0 Å². The largest absolute Gasteiger partial charge is 0.464 e. The number of hydrogen-bond donors (Lipinski definition) is 0. The standard InChI is InChI=1S/C21H18N4O2/c1-14-8-9-19-17(11-16-6-3-7-18(23-16)21(26)27-2)20(24-25(19)13-14)15-5-4-10-22-12-15/h3-10,12-13H,11H2,1-2H3. The molecule has 0 fully saturated rings. The lowest BCUT2D eigenvalue weighted by Gasteiger charge is -2.05. The summed E-state index contributed by atoms with van der Waals surface area (Å²) in [6.07, 6.45) is 6.08. The summed E-state index contributed by atoms with van der Waals surface area (Å²) in [5.74, 6) is -0.445. The predicted molar refractivity (Wildman–Crippen MR) is 102 cm³/mol. The number of carbonyl (C=O) groups excluding carboxylic acids is 1. The minimum absolute atomic E-state index is 0.297. The van der Waals surface area contributed by atoms with Crippen molar-refractivity contribution in [3.05, 3.63) is 83.6 Å². The van der Waals surface area contributed by atoms with Crippen LogP contribution in [-0.4, -0.2) is 32.7 Å². The number of esters is 1. The third-order valence-electron chi connectivity index (χ3n) is 4.37. The van der Waals surface area contributed by atoms with E-state index in [0.29, 0.717) is 12.1 Å². The molecule has 0 radical (unpaired) electrons. The first kappa shape index (κ1) is 16.9. The van der Waals surface area contributed by atoms with Gasteiger partial charge in [-0.05, 0) is 42.8 Å². The Bertz CT molecular complexity index is 1120. The van der Waals surface area contributed by atoms with Gasteiger partial charge in [0.1, 0.15) is 5.69 Å². The summed E-state index contributed by atoms with van der Waals surface area (Å²) in [6, 6.07) is 13.4. The van der Waals surface area contributed by atoms with Crippen LogP contribution in [0.15, 0.2) is 61.1 Å². The van der Waals surface area contributed by atoms with E-state index < -0.39 is 5.97 Å². The zero-order chi connectivity index (χ0) is 18.8. The summed E-state index contributed by atoms with van der Waals surface area (Å²) in [4.78, 5) is 20.5. The Morgan fingerprint density at radius 1 is 1.15 bits per heavy atom. The quantitative estimate of drug-likeness (QED) is 0.523. The van der Waals surface area contributed by atoms with Gasteiger partial charge in [0.2, 0.25) is 0 Å². The lowest BCUT2D eigenvalue weighted by molar-refractivity contribution is 0.0593. The van der Waals surface area contributed by atoms with Crippen molar-refractivity contribution >= 4 is 11.5 Å². The molecule has 27 heavy (non-hydrogen) atoms. The zero-order valence-corrected chi connectivity index (χ0v) is 15.1. The Balaban J connectivity index is 1.84. The van der Waals surface area contributed by atoms with E-state index in [1.807, 2.05) is 41.9 Å². The van der Waals surface area contributed by atoms with Crippen LogP contribution in [0.2, 0.25) is 0 Å². The molecule has 0 saturated heterocycles. The van der Waals surface area contributed by atoms with Crippen molar-refractivity contribution < 1.29 is 9.53 Å². The number of hydrogen-bond acceptors (Lipinski definition) is 5. The first-order valence-corrected chi connectivity index (χ1v) is 8.58. The van der Waals surface area contributed by atoms with E-state index in [4.69, 9.17) is 9.84 Å². The van der Waals surface area contributed by atoms with Crippen LogP contribution in [0.3, 0.4) is 0 Å². The summed E-state index contributed by atoms with van der Waals surface area (Å²) in [5.41, 5.74) is 6.04. The maximum Gasteiger partial charge on any atom is 0.356 e. The number of methoxy groups -OCH3 is 1. The van der Waals surface area contributed by atoms with E-state index in [1.165, 1.54) is 7.11 Å². The van der Waals surface area contributed by atoms with Crippen LogP contribution in [0, 0.1) is 6.92 Å². The second-order valence-corrected chi connectivity index (χ2v) is 6.29. The molecule has 4 rings (SSSR count). The molecule has 4 heterocycles. The molecule has 4 aromatic rings. The fourth-order valence-corrected chi connectivity index (χ4v) is 3.09. The van der Waals surface area contributed by atoms with Crippen molar-refractivity contribution in [2.24, 2.45) is 0 Å². The summed E-state index contributed by atoms with van der Waals surface area (Å²) in [6.45, 7) is 2.03. The number of rotatable bonds is 4. The summed E-state index contributed by atoms with van der Waals surface area (Å²) in [7, 11) is 1.35. The van der Waals surface area contributed by atoms with Gasteiger partial charge in [0.15, 0.2) is 0 Å². The number of pyridine rings is 3. The molecular formula is C21H18N4O2. The minimum atomic E-state index is -0.445. The number of carbonyl (C=O) groups is 1. The highest BCUT2D eigenvalue weighted by Crippen LogP contribution is 2.28. The molecule has 6 nitrogen and oxygen atoms in total. The van der Waals surface area contributed by atoms with Gasteiger partial charge in [0, 0.05) is 41.8 Å². The third-order valence-corrected chi connectivity index (χ3v) is 4.37. The van der Waals surface area contributed by atoms with E-state index in [0.717, 1.165) is 33.6 Å². The molecule has 0 N–H and O–H groups in total. The molecule has 0 unspecified atom stereocenters. The predicted octanol–water partition coefficient (Wildman–Crippen LogP) is 3.48.